The number of hydrogen-bond acceptors (Lipinski definition) is 6. The summed E-state index contributed by atoms with van der Waals surface area (Å²) < 4.78 is 10.5. The van der Waals surface area contributed by atoms with Crippen LogP contribution >= 0.6 is 0 Å². The van der Waals surface area contributed by atoms with E-state index in [-0.39, 0.29) is 17.9 Å². The van der Waals surface area contributed by atoms with Crippen LogP contribution in [0.2, 0.25) is 0 Å². The summed E-state index contributed by atoms with van der Waals surface area (Å²) in [7, 11) is 3.33. The number of methoxy groups -OCH3 is 2. The molecule has 0 aliphatic carbocycles. The summed E-state index contributed by atoms with van der Waals surface area (Å²) in [5.74, 6) is 1.76. The molecule has 2 aromatic rings. The summed E-state index contributed by atoms with van der Waals surface area (Å²) in [5.41, 5.74) is 2.37. The maximum Gasteiger partial charge on any atom is 0.225 e. The van der Waals surface area contributed by atoms with E-state index >= 15 is 0 Å². The number of pyridine rings is 1. The number of rotatable bonds is 6. The lowest BCUT2D eigenvalue weighted by Crippen LogP contribution is -2.61. The topological polar surface area (TPSA) is 66.9 Å². The first-order valence-corrected chi connectivity index (χ1v) is 10.1. The SMILES string of the molecule is COCCNC(=O)[C@@H]1Cc2ccc(OC)cc2N2CCN(c3ccccn3)C[C@@H]12. The maximum absolute atomic E-state index is 13.1. The minimum absolute atomic E-state index is 0.0768. The number of carbonyl (C=O) groups excluding carboxylic acids is 1. The van der Waals surface area contributed by atoms with Crippen LogP contribution in [0.3, 0.4) is 0 Å². The Hall–Kier alpha value is -2.80. The molecule has 1 aromatic heterocycles. The third kappa shape index (κ3) is 4.00. The third-order valence-corrected chi connectivity index (χ3v) is 5.84. The van der Waals surface area contributed by atoms with Crippen LogP contribution in [0.1, 0.15) is 5.56 Å². The number of aromatic nitrogens is 1. The van der Waals surface area contributed by atoms with E-state index in [1.54, 1.807) is 14.2 Å². The van der Waals surface area contributed by atoms with Crippen molar-refractivity contribution in [2.24, 2.45) is 5.92 Å². The Balaban J connectivity index is 1.62. The van der Waals surface area contributed by atoms with Crippen LogP contribution in [0.15, 0.2) is 42.6 Å². The average molecular weight is 396 g/mol. The first kappa shape index (κ1) is 19.5. The molecule has 0 unspecified atom stereocenters. The smallest absolute Gasteiger partial charge is 0.225 e. The molecule has 1 amide bonds. The van der Waals surface area contributed by atoms with Crippen molar-refractivity contribution in [3.8, 4) is 5.75 Å². The number of anilines is 2. The minimum Gasteiger partial charge on any atom is -0.497 e. The van der Waals surface area contributed by atoms with Crippen molar-refractivity contribution in [2.75, 3.05) is 56.8 Å². The number of carbonyl (C=O) groups is 1. The van der Waals surface area contributed by atoms with Crippen molar-refractivity contribution in [3.63, 3.8) is 0 Å². The molecule has 3 heterocycles. The van der Waals surface area contributed by atoms with Gasteiger partial charge in [-0.25, -0.2) is 4.98 Å². The van der Waals surface area contributed by atoms with Gasteiger partial charge in [0, 0.05) is 51.2 Å². The lowest BCUT2D eigenvalue weighted by atomic mass is 9.83. The van der Waals surface area contributed by atoms with Crippen LogP contribution in [0.25, 0.3) is 0 Å². The molecular weight excluding hydrogens is 368 g/mol. The van der Waals surface area contributed by atoms with Gasteiger partial charge in [0.25, 0.3) is 0 Å². The van der Waals surface area contributed by atoms with Crippen molar-refractivity contribution in [1.82, 2.24) is 10.3 Å². The van der Waals surface area contributed by atoms with Gasteiger partial charge in [0.1, 0.15) is 11.6 Å². The molecule has 0 radical (unpaired) electrons. The molecule has 2 aliphatic heterocycles. The van der Waals surface area contributed by atoms with Crippen LogP contribution < -0.4 is 19.9 Å². The number of amides is 1. The van der Waals surface area contributed by atoms with Gasteiger partial charge in [-0.05, 0) is 30.2 Å². The second kappa shape index (κ2) is 8.69. The number of nitrogens with zero attached hydrogens (tertiary/aromatic N) is 3. The molecule has 0 spiro atoms. The molecule has 1 aromatic carbocycles. The molecule has 1 N–H and O–H groups in total. The Bertz CT molecular complexity index is 845. The molecule has 2 aliphatic rings. The van der Waals surface area contributed by atoms with E-state index in [9.17, 15) is 4.79 Å². The van der Waals surface area contributed by atoms with Gasteiger partial charge in [-0.15, -0.1) is 0 Å². The molecule has 0 bridgehead atoms. The highest BCUT2D eigenvalue weighted by molar-refractivity contribution is 5.82. The Morgan fingerprint density at radius 1 is 1.24 bits per heavy atom. The highest BCUT2D eigenvalue weighted by Crippen LogP contribution is 2.38. The van der Waals surface area contributed by atoms with Gasteiger partial charge < -0.3 is 24.6 Å². The van der Waals surface area contributed by atoms with Crippen LogP contribution in [-0.2, 0) is 16.0 Å². The van der Waals surface area contributed by atoms with Gasteiger partial charge in [-0.2, -0.15) is 0 Å². The summed E-state index contributed by atoms with van der Waals surface area (Å²) in [5, 5.41) is 3.04. The Morgan fingerprint density at radius 3 is 2.90 bits per heavy atom. The zero-order valence-corrected chi connectivity index (χ0v) is 17.0. The normalized spacial score (nSPS) is 20.6. The Morgan fingerprint density at radius 2 is 2.14 bits per heavy atom. The van der Waals surface area contributed by atoms with E-state index in [1.807, 2.05) is 30.5 Å². The molecule has 2 atom stereocenters. The molecule has 7 nitrogen and oxygen atoms in total. The minimum atomic E-state index is -0.126. The summed E-state index contributed by atoms with van der Waals surface area (Å²) in [6.45, 7) is 3.50. The second-order valence-electron chi connectivity index (χ2n) is 7.48. The standard InChI is InChI=1S/C22H28N4O3/c1-28-12-9-24-22(27)18-13-16-6-7-17(29-2)14-19(16)26-11-10-25(15-20(18)26)21-5-3-4-8-23-21/h3-8,14,18,20H,9-13,15H2,1-2H3,(H,24,27)/t18-,20+/m1/s1. The highest BCUT2D eigenvalue weighted by Gasteiger charge is 2.41. The predicted molar refractivity (Wildman–Crippen MR) is 113 cm³/mol. The van der Waals surface area contributed by atoms with Gasteiger partial charge in [0.05, 0.1) is 25.7 Å². The van der Waals surface area contributed by atoms with Crippen molar-refractivity contribution in [2.45, 2.75) is 12.5 Å². The van der Waals surface area contributed by atoms with Crippen molar-refractivity contribution >= 4 is 17.4 Å². The molecule has 0 saturated carbocycles. The molecule has 1 fully saturated rings. The largest absolute Gasteiger partial charge is 0.497 e. The summed E-state index contributed by atoms with van der Waals surface area (Å²) in [6.07, 6.45) is 2.53. The number of piperazine rings is 1. The van der Waals surface area contributed by atoms with Gasteiger partial charge in [0.2, 0.25) is 5.91 Å². The van der Waals surface area contributed by atoms with E-state index in [4.69, 9.17) is 9.47 Å². The van der Waals surface area contributed by atoms with Gasteiger partial charge in [0.15, 0.2) is 0 Å². The van der Waals surface area contributed by atoms with Crippen molar-refractivity contribution < 1.29 is 14.3 Å². The van der Waals surface area contributed by atoms with Crippen LogP contribution in [0.4, 0.5) is 11.5 Å². The number of hydrogen-bond donors (Lipinski definition) is 1. The van der Waals surface area contributed by atoms with Crippen molar-refractivity contribution in [1.29, 1.82) is 0 Å². The molecule has 29 heavy (non-hydrogen) atoms. The predicted octanol–water partition coefficient (Wildman–Crippen LogP) is 1.72. The molecule has 4 rings (SSSR count). The molecule has 154 valence electrons. The van der Waals surface area contributed by atoms with E-state index in [0.29, 0.717) is 13.2 Å². The van der Waals surface area contributed by atoms with E-state index in [2.05, 4.69) is 32.2 Å². The van der Waals surface area contributed by atoms with Crippen molar-refractivity contribution in [3.05, 3.63) is 48.2 Å². The first-order chi connectivity index (χ1) is 14.2. The van der Waals surface area contributed by atoms with E-state index in [0.717, 1.165) is 37.6 Å². The monoisotopic (exact) mass is 396 g/mol. The fraction of sp³-hybridized carbons (Fsp3) is 0.455. The molecule has 7 heteroatoms. The third-order valence-electron chi connectivity index (χ3n) is 5.84. The van der Waals surface area contributed by atoms with Crippen LogP contribution in [0, 0.1) is 5.92 Å². The van der Waals surface area contributed by atoms with E-state index < -0.39 is 0 Å². The number of fused-ring (bicyclic) bond motifs is 3. The fourth-order valence-corrected chi connectivity index (χ4v) is 4.36. The second-order valence-corrected chi connectivity index (χ2v) is 7.48. The maximum atomic E-state index is 13.1. The Kier molecular flexibility index (Phi) is 5.85. The average Bonchev–Trinajstić information content (AvgIpc) is 2.78. The first-order valence-electron chi connectivity index (χ1n) is 10.1. The quantitative estimate of drug-likeness (QED) is 0.750. The number of ether oxygens (including phenoxy) is 2. The highest BCUT2D eigenvalue weighted by atomic mass is 16.5. The molecule has 1 saturated heterocycles. The zero-order valence-electron chi connectivity index (χ0n) is 17.0. The number of nitrogens with one attached hydrogen (secondary N) is 1. The Labute approximate surface area is 171 Å². The summed E-state index contributed by atoms with van der Waals surface area (Å²) in [4.78, 5) is 22.2. The lowest BCUT2D eigenvalue weighted by Gasteiger charge is -2.49. The van der Waals surface area contributed by atoms with Crippen LogP contribution in [-0.4, -0.2) is 63.9 Å². The van der Waals surface area contributed by atoms with Crippen LogP contribution in [0.5, 0.6) is 5.75 Å². The van der Waals surface area contributed by atoms with Gasteiger partial charge >= 0.3 is 0 Å². The summed E-state index contributed by atoms with van der Waals surface area (Å²) >= 11 is 0. The fourth-order valence-electron chi connectivity index (χ4n) is 4.36. The van der Waals surface area contributed by atoms with E-state index in [1.165, 1.54) is 11.3 Å². The number of benzene rings is 1. The zero-order chi connectivity index (χ0) is 20.2. The van der Waals surface area contributed by atoms with Gasteiger partial charge in [-0.1, -0.05) is 12.1 Å². The van der Waals surface area contributed by atoms with Gasteiger partial charge in [-0.3, -0.25) is 4.79 Å². The summed E-state index contributed by atoms with van der Waals surface area (Å²) in [6, 6.07) is 12.2. The molecular formula is C22H28N4O3. The lowest BCUT2D eigenvalue weighted by molar-refractivity contribution is -0.126.